The maximum absolute atomic E-state index is 8.97. The number of hydrogen-bond acceptors (Lipinski definition) is 2. The van der Waals surface area contributed by atoms with Crippen molar-refractivity contribution in [2.24, 2.45) is 11.8 Å². The molecular weight excluding hydrogens is 190 g/mol. The van der Waals surface area contributed by atoms with E-state index in [1.54, 1.807) is 0 Å². The lowest BCUT2D eigenvalue weighted by molar-refractivity contribution is 0.618. The molecule has 2 unspecified atom stereocenters. The van der Waals surface area contributed by atoms with Gasteiger partial charge in [-0.05, 0) is 37.4 Å². The minimum absolute atomic E-state index is 0.362. The summed E-state index contributed by atoms with van der Waals surface area (Å²) in [4.78, 5) is 0. The van der Waals surface area contributed by atoms with Crippen LogP contribution in [0.3, 0.4) is 0 Å². The van der Waals surface area contributed by atoms with Gasteiger partial charge in [0.15, 0.2) is 0 Å². The molecule has 2 aliphatic carbocycles. The molecule has 14 heavy (non-hydrogen) atoms. The molecule has 0 aliphatic heterocycles. The fourth-order valence-electron chi connectivity index (χ4n) is 2.71. The van der Waals surface area contributed by atoms with Gasteiger partial charge in [-0.2, -0.15) is 17.0 Å². The van der Waals surface area contributed by atoms with E-state index in [9.17, 15) is 0 Å². The third kappa shape index (κ3) is 2.45. The Labute approximate surface area is 91.3 Å². The van der Waals surface area contributed by atoms with E-state index in [0.717, 1.165) is 12.3 Å². The molecule has 2 heteroatoms. The number of thioether (sulfide) groups is 1. The molecular formula is C12H19NS. The molecule has 78 valence electrons. The second-order valence-corrected chi connectivity index (χ2v) is 5.96. The van der Waals surface area contributed by atoms with Gasteiger partial charge in [0.05, 0.1) is 12.0 Å². The van der Waals surface area contributed by atoms with Gasteiger partial charge < -0.3 is 0 Å². The zero-order chi connectivity index (χ0) is 9.80. The van der Waals surface area contributed by atoms with Gasteiger partial charge in [0.25, 0.3) is 0 Å². The Kier molecular flexibility index (Phi) is 3.75. The summed E-state index contributed by atoms with van der Waals surface area (Å²) in [5.41, 5.74) is 0. The maximum Gasteiger partial charge on any atom is 0.0667 e. The zero-order valence-corrected chi connectivity index (χ0v) is 9.56. The van der Waals surface area contributed by atoms with Crippen LogP contribution < -0.4 is 0 Å². The van der Waals surface area contributed by atoms with Gasteiger partial charge in [0, 0.05) is 5.25 Å². The largest absolute Gasteiger partial charge is 0.198 e. The van der Waals surface area contributed by atoms with Crippen molar-refractivity contribution in [3.05, 3.63) is 0 Å². The first kappa shape index (κ1) is 10.4. The Bertz CT molecular complexity index is 215. The van der Waals surface area contributed by atoms with Crippen molar-refractivity contribution in [3.8, 4) is 6.07 Å². The van der Waals surface area contributed by atoms with Crippen LogP contribution in [-0.2, 0) is 0 Å². The highest BCUT2D eigenvalue weighted by atomic mass is 32.2. The molecule has 0 aromatic heterocycles. The van der Waals surface area contributed by atoms with Gasteiger partial charge >= 0.3 is 0 Å². The van der Waals surface area contributed by atoms with Crippen LogP contribution in [0.25, 0.3) is 0 Å². The predicted molar refractivity (Wildman–Crippen MR) is 61.2 cm³/mol. The molecule has 0 aromatic rings. The number of hydrogen-bond donors (Lipinski definition) is 0. The van der Waals surface area contributed by atoms with Crippen LogP contribution >= 0.6 is 11.8 Å². The lowest BCUT2D eigenvalue weighted by Crippen LogP contribution is -2.10. The quantitative estimate of drug-likeness (QED) is 0.709. The van der Waals surface area contributed by atoms with Crippen LogP contribution in [0, 0.1) is 23.2 Å². The van der Waals surface area contributed by atoms with Crippen LogP contribution in [0.4, 0.5) is 0 Å². The first-order valence-electron chi connectivity index (χ1n) is 5.91. The summed E-state index contributed by atoms with van der Waals surface area (Å²) in [5.74, 6) is 2.66. The molecule has 2 rings (SSSR count). The lowest BCUT2D eigenvalue weighted by atomic mass is 10.1. The maximum atomic E-state index is 8.97. The summed E-state index contributed by atoms with van der Waals surface area (Å²) < 4.78 is 0. The molecule has 0 heterocycles. The molecule has 2 aliphatic rings. The van der Waals surface area contributed by atoms with Gasteiger partial charge in [-0.15, -0.1) is 0 Å². The zero-order valence-electron chi connectivity index (χ0n) is 8.74. The molecule has 0 amide bonds. The van der Waals surface area contributed by atoms with E-state index >= 15 is 0 Å². The molecule has 2 fully saturated rings. The summed E-state index contributed by atoms with van der Waals surface area (Å²) in [6, 6.07) is 2.47. The standard InChI is InChI=1S/C12H19NS/c13-8-11-6-3-7-12(11)14-9-10-4-1-2-5-10/h10-12H,1-7,9H2. The summed E-state index contributed by atoms with van der Waals surface area (Å²) in [6.07, 6.45) is 9.48. The summed E-state index contributed by atoms with van der Waals surface area (Å²) >= 11 is 2.09. The van der Waals surface area contributed by atoms with Gasteiger partial charge in [0.1, 0.15) is 0 Å². The summed E-state index contributed by atoms with van der Waals surface area (Å²) in [5, 5.41) is 9.63. The third-order valence-electron chi connectivity index (χ3n) is 3.64. The number of nitrogens with zero attached hydrogens (tertiary/aromatic N) is 1. The van der Waals surface area contributed by atoms with Gasteiger partial charge in [-0.1, -0.05) is 19.3 Å². The molecule has 0 N–H and O–H groups in total. The van der Waals surface area contributed by atoms with Crippen molar-refractivity contribution >= 4 is 11.8 Å². The smallest absolute Gasteiger partial charge is 0.0667 e. The van der Waals surface area contributed by atoms with E-state index in [0.29, 0.717) is 11.2 Å². The fourth-order valence-corrected chi connectivity index (χ4v) is 4.33. The first-order valence-corrected chi connectivity index (χ1v) is 6.96. The Morgan fingerprint density at radius 2 is 1.86 bits per heavy atom. The van der Waals surface area contributed by atoms with Gasteiger partial charge in [-0.25, -0.2) is 0 Å². The van der Waals surface area contributed by atoms with Crippen molar-refractivity contribution in [3.63, 3.8) is 0 Å². The average Bonchev–Trinajstić information content (AvgIpc) is 2.85. The first-order chi connectivity index (χ1) is 6.90. The second-order valence-electron chi connectivity index (χ2n) is 4.69. The van der Waals surface area contributed by atoms with Gasteiger partial charge in [-0.3, -0.25) is 0 Å². The normalized spacial score (nSPS) is 33.4. The van der Waals surface area contributed by atoms with E-state index < -0.39 is 0 Å². The van der Waals surface area contributed by atoms with E-state index in [1.807, 2.05) is 0 Å². The minimum Gasteiger partial charge on any atom is -0.198 e. The Hall–Kier alpha value is -0.160. The summed E-state index contributed by atoms with van der Waals surface area (Å²) in [6.45, 7) is 0. The highest BCUT2D eigenvalue weighted by molar-refractivity contribution is 7.99. The lowest BCUT2D eigenvalue weighted by Gasteiger charge is -2.15. The number of rotatable bonds is 3. The van der Waals surface area contributed by atoms with Crippen molar-refractivity contribution < 1.29 is 0 Å². The molecule has 0 aromatic carbocycles. The van der Waals surface area contributed by atoms with Crippen molar-refractivity contribution in [2.75, 3.05) is 5.75 Å². The molecule has 0 bridgehead atoms. The van der Waals surface area contributed by atoms with Crippen molar-refractivity contribution in [1.29, 1.82) is 5.26 Å². The Morgan fingerprint density at radius 3 is 2.57 bits per heavy atom. The molecule has 0 saturated heterocycles. The molecule has 0 spiro atoms. The summed E-state index contributed by atoms with van der Waals surface area (Å²) in [7, 11) is 0. The monoisotopic (exact) mass is 209 g/mol. The topological polar surface area (TPSA) is 23.8 Å². The molecule has 1 nitrogen and oxygen atoms in total. The molecule has 0 radical (unpaired) electrons. The Balaban J connectivity index is 1.71. The van der Waals surface area contributed by atoms with E-state index in [1.165, 1.54) is 44.3 Å². The highest BCUT2D eigenvalue weighted by Gasteiger charge is 2.28. The fraction of sp³-hybridized carbons (Fsp3) is 0.917. The minimum atomic E-state index is 0.362. The van der Waals surface area contributed by atoms with Gasteiger partial charge in [0.2, 0.25) is 0 Å². The van der Waals surface area contributed by atoms with Crippen molar-refractivity contribution in [1.82, 2.24) is 0 Å². The Morgan fingerprint density at radius 1 is 1.07 bits per heavy atom. The van der Waals surface area contributed by atoms with Crippen molar-refractivity contribution in [2.45, 2.75) is 50.2 Å². The van der Waals surface area contributed by atoms with Crippen LogP contribution in [0.5, 0.6) is 0 Å². The number of nitriles is 1. The second kappa shape index (κ2) is 5.07. The van der Waals surface area contributed by atoms with Crippen LogP contribution in [0.1, 0.15) is 44.9 Å². The highest BCUT2D eigenvalue weighted by Crippen LogP contribution is 2.37. The SMILES string of the molecule is N#CC1CCCC1SCC1CCCC1. The van der Waals surface area contributed by atoms with E-state index in [4.69, 9.17) is 5.26 Å². The predicted octanol–water partition coefficient (Wildman–Crippen LogP) is 3.60. The third-order valence-corrected chi connectivity index (χ3v) is 5.30. The van der Waals surface area contributed by atoms with E-state index in [2.05, 4.69) is 17.8 Å². The van der Waals surface area contributed by atoms with Crippen LogP contribution in [0.15, 0.2) is 0 Å². The van der Waals surface area contributed by atoms with Crippen LogP contribution in [0.2, 0.25) is 0 Å². The average molecular weight is 209 g/mol. The molecule has 2 atom stereocenters. The van der Waals surface area contributed by atoms with E-state index in [-0.39, 0.29) is 0 Å². The van der Waals surface area contributed by atoms with Crippen LogP contribution in [-0.4, -0.2) is 11.0 Å². The molecule has 2 saturated carbocycles.